The number of nitrogens with two attached hydrogens (primary N) is 1. The van der Waals surface area contributed by atoms with Gasteiger partial charge in [-0.3, -0.25) is 4.79 Å². The molecule has 0 unspecified atom stereocenters. The van der Waals surface area contributed by atoms with Gasteiger partial charge in [0.25, 0.3) is 5.91 Å². The van der Waals surface area contributed by atoms with Crippen molar-refractivity contribution in [2.45, 2.75) is 19.9 Å². The van der Waals surface area contributed by atoms with Gasteiger partial charge in [0.2, 0.25) is 0 Å². The quantitative estimate of drug-likeness (QED) is 0.875. The maximum atomic E-state index is 11.9. The predicted molar refractivity (Wildman–Crippen MR) is 77.2 cm³/mol. The zero-order valence-electron chi connectivity index (χ0n) is 10.8. The normalized spacial score (nSPS) is 10.4. The maximum absolute atomic E-state index is 11.9. The molecule has 2 rings (SSSR count). The van der Waals surface area contributed by atoms with E-state index in [4.69, 9.17) is 5.73 Å². The molecule has 0 atom stereocenters. The molecule has 0 radical (unpaired) electrons. The van der Waals surface area contributed by atoms with Crippen molar-refractivity contribution in [1.82, 2.24) is 10.3 Å². The molecule has 0 aliphatic heterocycles. The van der Waals surface area contributed by atoms with Gasteiger partial charge >= 0.3 is 0 Å². The summed E-state index contributed by atoms with van der Waals surface area (Å²) in [6.07, 6.45) is 0.718. The van der Waals surface area contributed by atoms with Crippen molar-refractivity contribution in [3.63, 3.8) is 0 Å². The van der Waals surface area contributed by atoms with Crippen molar-refractivity contribution in [3.8, 4) is 0 Å². The summed E-state index contributed by atoms with van der Waals surface area (Å²) in [4.78, 5) is 16.2. The molecule has 0 fully saturated rings. The number of aryl methyl sites for hydroxylation is 1. The smallest absolute Gasteiger partial charge is 0.271 e. The van der Waals surface area contributed by atoms with Crippen molar-refractivity contribution in [3.05, 3.63) is 51.5 Å². The van der Waals surface area contributed by atoms with Crippen LogP contribution in [0.4, 0.5) is 0 Å². The SMILES string of the molecule is Cc1ccccc1CNC(=O)c1csc(CCN)n1. The highest BCUT2D eigenvalue weighted by molar-refractivity contribution is 7.09. The van der Waals surface area contributed by atoms with Crippen LogP contribution in [0.3, 0.4) is 0 Å². The Morgan fingerprint density at radius 1 is 1.42 bits per heavy atom. The molecule has 0 aliphatic carbocycles. The summed E-state index contributed by atoms with van der Waals surface area (Å²) in [6, 6.07) is 8.00. The van der Waals surface area contributed by atoms with Crippen LogP contribution in [-0.4, -0.2) is 17.4 Å². The summed E-state index contributed by atoms with van der Waals surface area (Å²) in [5.74, 6) is -0.136. The monoisotopic (exact) mass is 275 g/mol. The molecule has 0 saturated heterocycles. The lowest BCUT2D eigenvalue weighted by Crippen LogP contribution is -2.23. The third-order valence-corrected chi connectivity index (χ3v) is 3.75. The Kier molecular flexibility index (Phi) is 4.65. The number of thiazole rings is 1. The first kappa shape index (κ1) is 13.7. The third kappa shape index (κ3) is 3.62. The van der Waals surface area contributed by atoms with Gasteiger partial charge in [0.15, 0.2) is 0 Å². The maximum Gasteiger partial charge on any atom is 0.271 e. The number of hydrogen-bond acceptors (Lipinski definition) is 4. The first-order chi connectivity index (χ1) is 9.20. The second kappa shape index (κ2) is 6.45. The van der Waals surface area contributed by atoms with Gasteiger partial charge in [-0.05, 0) is 24.6 Å². The van der Waals surface area contributed by atoms with Crippen LogP contribution in [0.2, 0.25) is 0 Å². The van der Waals surface area contributed by atoms with E-state index in [2.05, 4.69) is 10.3 Å². The minimum atomic E-state index is -0.136. The van der Waals surface area contributed by atoms with Gasteiger partial charge < -0.3 is 11.1 Å². The van der Waals surface area contributed by atoms with Gasteiger partial charge in [-0.2, -0.15) is 0 Å². The third-order valence-electron chi connectivity index (χ3n) is 2.84. The van der Waals surface area contributed by atoms with E-state index >= 15 is 0 Å². The minimum absolute atomic E-state index is 0.136. The van der Waals surface area contributed by atoms with E-state index in [0.29, 0.717) is 18.8 Å². The van der Waals surface area contributed by atoms with Crippen LogP contribution in [0, 0.1) is 6.92 Å². The number of rotatable bonds is 5. The van der Waals surface area contributed by atoms with Gasteiger partial charge in [0.05, 0.1) is 5.01 Å². The molecule has 1 heterocycles. The number of hydrogen-bond donors (Lipinski definition) is 2. The van der Waals surface area contributed by atoms with Gasteiger partial charge in [-0.1, -0.05) is 24.3 Å². The Bertz CT molecular complexity index is 565. The van der Waals surface area contributed by atoms with Crippen LogP contribution < -0.4 is 11.1 Å². The summed E-state index contributed by atoms with van der Waals surface area (Å²) in [6.45, 7) is 3.11. The zero-order chi connectivity index (χ0) is 13.7. The second-order valence-corrected chi connectivity index (χ2v) is 5.22. The Morgan fingerprint density at radius 3 is 2.95 bits per heavy atom. The first-order valence-electron chi connectivity index (χ1n) is 6.18. The molecular weight excluding hydrogens is 258 g/mol. The Morgan fingerprint density at radius 2 is 2.21 bits per heavy atom. The van der Waals surface area contributed by atoms with Gasteiger partial charge in [0.1, 0.15) is 5.69 Å². The highest BCUT2D eigenvalue weighted by Crippen LogP contribution is 2.11. The molecule has 3 N–H and O–H groups in total. The van der Waals surface area contributed by atoms with Crippen molar-refractivity contribution in [2.24, 2.45) is 5.73 Å². The van der Waals surface area contributed by atoms with Crippen LogP contribution in [0.5, 0.6) is 0 Å². The number of aromatic nitrogens is 1. The van der Waals surface area contributed by atoms with E-state index < -0.39 is 0 Å². The number of nitrogens with zero attached hydrogens (tertiary/aromatic N) is 1. The lowest BCUT2D eigenvalue weighted by Gasteiger charge is -2.06. The molecule has 0 spiro atoms. The van der Waals surface area contributed by atoms with E-state index in [-0.39, 0.29) is 5.91 Å². The lowest BCUT2D eigenvalue weighted by atomic mass is 10.1. The van der Waals surface area contributed by atoms with Crippen LogP contribution in [0.15, 0.2) is 29.6 Å². The fraction of sp³-hybridized carbons (Fsp3) is 0.286. The van der Waals surface area contributed by atoms with E-state index in [1.54, 1.807) is 5.38 Å². The molecule has 0 saturated carbocycles. The molecule has 1 aromatic heterocycles. The van der Waals surface area contributed by atoms with Crippen molar-refractivity contribution >= 4 is 17.2 Å². The fourth-order valence-corrected chi connectivity index (χ4v) is 2.52. The Labute approximate surface area is 116 Å². The Hall–Kier alpha value is -1.72. The number of benzene rings is 1. The zero-order valence-corrected chi connectivity index (χ0v) is 11.7. The van der Waals surface area contributed by atoms with E-state index in [1.807, 2.05) is 31.2 Å². The van der Waals surface area contributed by atoms with Gasteiger partial charge in [-0.25, -0.2) is 4.98 Å². The van der Waals surface area contributed by atoms with Gasteiger partial charge in [0, 0.05) is 18.3 Å². The summed E-state index contributed by atoms with van der Waals surface area (Å²) in [5.41, 5.74) is 8.23. The molecule has 19 heavy (non-hydrogen) atoms. The van der Waals surface area contributed by atoms with Crippen LogP contribution in [0.1, 0.15) is 26.6 Å². The standard InChI is InChI=1S/C14H17N3OS/c1-10-4-2-3-5-11(10)8-16-14(18)12-9-19-13(17-12)6-7-15/h2-5,9H,6-8,15H2,1H3,(H,16,18). The van der Waals surface area contributed by atoms with Crippen molar-refractivity contribution in [1.29, 1.82) is 0 Å². The number of carbonyl (C=O) groups excluding carboxylic acids is 1. The molecule has 2 aromatic rings. The Balaban J connectivity index is 1.95. The second-order valence-electron chi connectivity index (χ2n) is 4.27. The minimum Gasteiger partial charge on any atom is -0.347 e. The molecule has 100 valence electrons. The summed E-state index contributed by atoms with van der Waals surface area (Å²) < 4.78 is 0. The van der Waals surface area contributed by atoms with Crippen LogP contribution in [0.25, 0.3) is 0 Å². The number of nitrogens with one attached hydrogen (secondary N) is 1. The average molecular weight is 275 g/mol. The molecule has 4 nitrogen and oxygen atoms in total. The average Bonchev–Trinajstić information content (AvgIpc) is 2.87. The van der Waals surface area contributed by atoms with Crippen molar-refractivity contribution in [2.75, 3.05) is 6.54 Å². The van der Waals surface area contributed by atoms with Crippen molar-refractivity contribution < 1.29 is 4.79 Å². The molecular formula is C14H17N3OS. The topological polar surface area (TPSA) is 68.0 Å². The highest BCUT2D eigenvalue weighted by atomic mass is 32.1. The summed E-state index contributed by atoms with van der Waals surface area (Å²) >= 11 is 1.48. The molecule has 5 heteroatoms. The fourth-order valence-electron chi connectivity index (χ4n) is 1.73. The van der Waals surface area contributed by atoms with E-state index in [0.717, 1.165) is 17.0 Å². The summed E-state index contributed by atoms with van der Waals surface area (Å²) in [5, 5.41) is 5.57. The van der Waals surface area contributed by atoms with Gasteiger partial charge in [-0.15, -0.1) is 11.3 Å². The molecule has 1 aromatic carbocycles. The highest BCUT2D eigenvalue weighted by Gasteiger charge is 2.10. The van der Waals surface area contributed by atoms with Crippen LogP contribution in [-0.2, 0) is 13.0 Å². The molecule has 0 bridgehead atoms. The number of amides is 1. The van der Waals surface area contributed by atoms with E-state index in [1.165, 1.54) is 16.9 Å². The number of carbonyl (C=O) groups is 1. The summed E-state index contributed by atoms with van der Waals surface area (Å²) in [7, 11) is 0. The lowest BCUT2D eigenvalue weighted by molar-refractivity contribution is 0.0946. The predicted octanol–water partition coefficient (Wildman–Crippen LogP) is 1.88. The largest absolute Gasteiger partial charge is 0.347 e. The van der Waals surface area contributed by atoms with Crippen LogP contribution >= 0.6 is 11.3 Å². The van der Waals surface area contributed by atoms with E-state index in [9.17, 15) is 4.79 Å². The molecule has 0 aliphatic rings. The molecule has 1 amide bonds. The first-order valence-corrected chi connectivity index (χ1v) is 7.06.